The SMILES string of the molecule is CCN[C@H](C)CNC(=O)C1CSC2(C)CCC(=O)N12. The topological polar surface area (TPSA) is 61.4 Å². The van der Waals surface area contributed by atoms with E-state index in [1.807, 2.05) is 13.8 Å². The molecule has 0 aromatic heterocycles. The van der Waals surface area contributed by atoms with Crippen LogP contribution in [0.5, 0.6) is 0 Å². The molecule has 2 heterocycles. The molecule has 0 spiro atoms. The predicted molar refractivity (Wildman–Crippen MR) is 76.9 cm³/mol. The van der Waals surface area contributed by atoms with Gasteiger partial charge in [-0.1, -0.05) is 6.92 Å². The van der Waals surface area contributed by atoms with Gasteiger partial charge in [0.05, 0.1) is 4.87 Å². The first-order valence-corrected chi connectivity index (χ1v) is 7.93. The summed E-state index contributed by atoms with van der Waals surface area (Å²) in [4.78, 5) is 25.8. The molecular weight excluding hydrogens is 262 g/mol. The second-order valence-corrected chi connectivity index (χ2v) is 6.97. The highest BCUT2D eigenvalue weighted by molar-refractivity contribution is 8.01. The quantitative estimate of drug-likeness (QED) is 0.774. The monoisotopic (exact) mass is 285 g/mol. The van der Waals surface area contributed by atoms with Crippen LogP contribution in [0.4, 0.5) is 0 Å². The fraction of sp³-hybridized carbons (Fsp3) is 0.846. The molecule has 0 saturated carbocycles. The van der Waals surface area contributed by atoms with Gasteiger partial charge in [0.15, 0.2) is 0 Å². The lowest BCUT2D eigenvalue weighted by atomic mass is 10.2. The van der Waals surface area contributed by atoms with E-state index in [-0.39, 0.29) is 28.8 Å². The summed E-state index contributed by atoms with van der Waals surface area (Å²) >= 11 is 1.73. The number of amides is 2. The third-order valence-corrected chi connectivity index (χ3v) is 5.39. The van der Waals surface area contributed by atoms with E-state index in [2.05, 4.69) is 17.6 Å². The van der Waals surface area contributed by atoms with Crippen molar-refractivity contribution >= 4 is 23.6 Å². The van der Waals surface area contributed by atoms with Crippen molar-refractivity contribution in [1.29, 1.82) is 0 Å². The maximum absolute atomic E-state index is 12.2. The molecule has 2 fully saturated rings. The van der Waals surface area contributed by atoms with Crippen LogP contribution in [-0.2, 0) is 9.59 Å². The minimum atomic E-state index is -0.293. The summed E-state index contributed by atoms with van der Waals surface area (Å²) in [5.41, 5.74) is 0. The van der Waals surface area contributed by atoms with Gasteiger partial charge in [0.25, 0.3) is 0 Å². The van der Waals surface area contributed by atoms with Crippen LogP contribution in [0, 0.1) is 0 Å². The molecule has 2 amide bonds. The second kappa shape index (κ2) is 5.71. The molecule has 2 aliphatic heterocycles. The summed E-state index contributed by atoms with van der Waals surface area (Å²) in [6, 6.07) is -0.0394. The molecule has 2 saturated heterocycles. The van der Waals surface area contributed by atoms with Gasteiger partial charge in [-0.15, -0.1) is 11.8 Å². The molecule has 2 N–H and O–H groups in total. The Morgan fingerprint density at radius 3 is 3.05 bits per heavy atom. The van der Waals surface area contributed by atoms with E-state index in [0.717, 1.165) is 13.0 Å². The number of nitrogens with one attached hydrogen (secondary N) is 2. The van der Waals surface area contributed by atoms with Gasteiger partial charge in [-0.05, 0) is 26.8 Å². The van der Waals surface area contributed by atoms with E-state index in [1.54, 1.807) is 16.7 Å². The number of nitrogens with zero attached hydrogens (tertiary/aromatic N) is 1. The van der Waals surface area contributed by atoms with Crippen LogP contribution in [0.25, 0.3) is 0 Å². The fourth-order valence-electron chi connectivity index (χ4n) is 2.81. The number of rotatable bonds is 5. The Bertz CT molecular complexity index is 377. The molecular formula is C13H23N3O2S. The number of likely N-dealkylation sites (N-methyl/N-ethyl adjacent to an activating group) is 1. The average Bonchev–Trinajstić information content (AvgIpc) is 2.85. The lowest BCUT2D eigenvalue weighted by Gasteiger charge is -2.30. The van der Waals surface area contributed by atoms with Crippen molar-refractivity contribution in [3.8, 4) is 0 Å². The standard InChI is InChI=1S/C13H23N3O2S/c1-4-14-9(2)7-15-12(18)10-8-19-13(3)6-5-11(17)16(10)13/h9-10,14H,4-8H2,1-3H3,(H,15,18)/t9-,10?,13?/m1/s1. The lowest BCUT2D eigenvalue weighted by Crippen LogP contribution is -2.51. The first-order valence-electron chi connectivity index (χ1n) is 6.95. The number of hydrogen-bond acceptors (Lipinski definition) is 4. The molecule has 108 valence electrons. The second-order valence-electron chi connectivity index (χ2n) is 5.47. The van der Waals surface area contributed by atoms with Crippen LogP contribution < -0.4 is 10.6 Å². The van der Waals surface area contributed by atoms with Crippen molar-refractivity contribution in [2.45, 2.75) is 50.6 Å². The maximum atomic E-state index is 12.2. The molecule has 0 aromatic carbocycles. The van der Waals surface area contributed by atoms with E-state index < -0.39 is 0 Å². The van der Waals surface area contributed by atoms with Crippen LogP contribution in [0.3, 0.4) is 0 Å². The third-order valence-electron chi connectivity index (χ3n) is 3.88. The van der Waals surface area contributed by atoms with Gasteiger partial charge in [-0.3, -0.25) is 9.59 Å². The summed E-state index contributed by atoms with van der Waals surface area (Å²) in [6.45, 7) is 7.64. The van der Waals surface area contributed by atoms with E-state index in [1.165, 1.54) is 0 Å². The molecule has 2 unspecified atom stereocenters. The largest absolute Gasteiger partial charge is 0.353 e. The van der Waals surface area contributed by atoms with E-state index in [9.17, 15) is 9.59 Å². The fourth-order valence-corrected chi connectivity index (χ4v) is 4.24. The summed E-state index contributed by atoms with van der Waals surface area (Å²) in [5, 5.41) is 6.20. The molecule has 19 heavy (non-hydrogen) atoms. The summed E-state index contributed by atoms with van der Waals surface area (Å²) in [7, 11) is 0. The highest BCUT2D eigenvalue weighted by Crippen LogP contribution is 2.47. The number of thioether (sulfide) groups is 1. The normalized spacial score (nSPS) is 31.4. The predicted octanol–water partition coefficient (Wildman–Crippen LogP) is 0.555. The Labute approximate surface area is 118 Å². The van der Waals surface area contributed by atoms with Crippen LogP contribution in [0.15, 0.2) is 0 Å². The zero-order chi connectivity index (χ0) is 14.0. The number of hydrogen-bond donors (Lipinski definition) is 2. The zero-order valence-electron chi connectivity index (χ0n) is 11.9. The van der Waals surface area contributed by atoms with Crippen LogP contribution in [0.1, 0.15) is 33.6 Å². The Balaban J connectivity index is 1.91. The maximum Gasteiger partial charge on any atom is 0.243 e. The van der Waals surface area contributed by atoms with Crippen molar-refractivity contribution < 1.29 is 9.59 Å². The Morgan fingerprint density at radius 1 is 1.63 bits per heavy atom. The summed E-state index contributed by atoms with van der Waals surface area (Å²) in [5.74, 6) is 0.813. The first kappa shape index (κ1) is 14.7. The molecule has 0 bridgehead atoms. The smallest absolute Gasteiger partial charge is 0.243 e. The highest BCUT2D eigenvalue weighted by Gasteiger charge is 2.52. The summed E-state index contributed by atoms with van der Waals surface area (Å²) in [6.07, 6.45) is 1.43. The molecule has 5 nitrogen and oxygen atoms in total. The minimum absolute atomic E-state index is 0.0174. The van der Waals surface area contributed by atoms with Gasteiger partial charge in [-0.2, -0.15) is 0 Å². The molecule has 3 atom stereocenters. The molecule has 0 radical (unpaired) electrons. The Morgan fingerprint density at radius 2 is 2.37 bits per heavy atom. The van der Waals surface area contributed by atoms with Crippen molar-refractivity contribution in [2.24, 2.45) is 0 Å². The van der Waals surface area contributed by atoms with Crippen molar-refractivity contribution in [3.63, 3.8) is 0 Å². The third kappa shape index (κ3) is 2.89. The molecule has 2 rings (SSSR count). The molecule has 0 aromatic rings. The van der Waals surface area contributed by atoms with Crippen LogP contribution in [0.2, 0.25) is 0 Å². The van der Waals surface area contributed by atoms with Gasteiger partial charge < -0.3 is 15.5 Å². The van der Waals surface area contributed by atoms with Gasteiger partial charge >= 0.3 is 0 Å². The Kier molecular flexibility index (Phi) is 4.40. The number of carbonyl (C=O) groups excluding carboxylic acids is 2. The van der Waals surface area contributed by atoms with Crippen molar-refractivity contribution in [3.05, 3.63) is 0 Å². The zero-order valence-corrected chi connectivity index (χ0v) is 12.7. The summed E-state index contributed by atoms with van der Waals surface area (Å²) < 4.78 is 0. The molecule has 2 aliphatic rings. The van der Waals surface area contributed by atoms with Crippen LogP contribution in [-0.4, -0.2) is 52.5 Å². The van der Waals surface area contributed by atoms with Gasteiger partial charge in [-0.25, -0.2) is 0 Å². The van der Waals surface area contributed by atoms with Gasteiger partial charge in [0, 0.05) is 24.8 Å². The highest BCUT2D eigenvalue weighted by atomic mass is 32.2. The van der Waals surface area contributed by atoms with Crippen molar-refractivity contribution in [2.75, 3.05) is 18.8 Å². The van der Waals surface area contributed by atoms with E-state index in [0.29, 0.717) is 18.7 Å². The number of carbonyl (C=O) groups is 2. The van der Waals surface area contributed by atoms with E-state index >= 15 is 0 Å². The average molecular weight is 285 g/mol. The molecule has 6 heteroatoms. The molecule has 0 aliphatic carbocycles. The van der Waals surface area contributed by atoms with Crippen LogP contribution >= 0.6 is 11.8 Å². The minimum Gasteiger partial charge on any atom is -0.353 e. The Hall–Kier alpha value is -0.750. The first-order chi connectivity index (χ1) is 8.98. The van der Waals surface area contributed by atoms with E-state index in [4.69, 9.17) is 0 Å². The van der Waals surface area contributed by atoms with Gasteiger partial charge in [0.1, 0.15) is 6.04 Å². The lowest BCUT2D eigenvalue weighted by molar-refractivity contribution is -0.137. The van der Waals surface area contributed by atoms with Gasteiger partial charge in [0.2, 0.25) is 11.8 Å². The van der Waals surface area contributed by atoms with Crippen molar-refractivity contribution in [1.82, 2.24) is 15.5 Å². The number of fused-ring (bicyclic) bond motifs is 1.